The Morgan fingerprint density at radius 1 is 0.906 bits per heavy atom. The van der Waals surface area contributed by atoms with Gasteiger partial charge in [0.25, 0.3) is 5.91 Å². The van der Waals surface area contributed by atoms with E-state index in [1.54, 1.807) is 26.4 Å². The van der Waals surface area contributed by atoms with Crippen LogP contribution in [0.1, 0.15) is 16.1 Å². The molecule has 0 radical (unpaired) electrons. The molecule has 172 valence electrons. The Bertz CT molecular complexity index is 953. The molecule has 9 heteroatoms. The SMILES string of the molecule is COc1cccc(C(=O)N2CCN(c3nc(C)cc(N4CCN(C)CC4)n3)CC2)c1OC. The normalized spacial score (nSPS) is 17.4. The largest absolute Gasteiger partial charge is 0.493 e. The summed E-state index contributed by atoms with van der Waals surface area (Å²) in [5.41, 5.74) is 1.48. The van der Waals surface area contributed by atoms with E-state index in [1.807, 2.05) is 17.9 Å². The van der Waals surface area contributed by atoms with Crippen molar-refractivity contribution in [1.29, 1.82) is 0 Å². The maximum Gasteiger partial charge on any atom is 0.257 e. The van der Waals surface area contributed by atoms with E-state index in [2.05, 4.69) is 32.8 Å². The van der Waals surface area contributed by atoms with Crippen molar-refractivity contribution >= 4 is 17.7 Å². The van der Waals surface area contributed by atoms with E-state index in [0.717, 1.165) is 43.6 Å². The molecular weight excluding hydrogens is 408 g/mol. The van der Waals surface area contributed by atoms with Crippen LogP contribution in [0.3, 0.4) is 0 Å². The van der Waals surface area contributed by atoms with Crippen LogP contribution in [0.2, 0.25) is 0 Å². The lowest BCUT2D eigenvalue weighted by atomic mass is 10.1. The minimum absolute atomic E-state index is 0.0521. The molecule has 2 aliphatic heterocycles. The predicted molar refractivity (Wildman–Crippen MR) is 124 cm³/mol. The van der Waals surface area contributed by atoms with Crippen LogP contribution in [0, 0.1) is 6.92 Å². The molecule has 0 aliphatic carbocycles. The number of piperazine rings is 2. The Morgan fingerprint density at radius 2 is 1.59 bits per heavy atom. The van der Waals surface area contributed by atoms with Gasteiger partial charge in [-0.2, -0.15) is 4.98 Å². The number of hydrogen-bond donors (Lipinski definition) is 0. The molecule has 4 rings (SSSR count). The number of carbonyl (C=O) groups excluding carboxylic acids is 1. The number of hydrogen-bond acceptors (Lipinski definition) is 8. The quantitative estimate of drug-likeness (QED) is 0.693. The lowest BCUT2D eigenvalue weighted by molar-refractivity contribution is 0.0742. The van der Waals surface area contributed by atoms with Crippen LogP contribution in [-0.2, 0) is 0 Å². The van der Waals surface area contributed by atoms with Crippen molar-refractivity contribution in [2.24, 2.45) is 0 Å². The van der Waals surface area contributed by atoms with Crippen molar-refractivity contribution in [1.82, 2.24) is 19.8 Å². The fourth-order valence-corrected chi connectivity index (χ4v) is 4.21. The molecule has 1 aromatic carbocycles. The van der Waals surface area contributed by atoms with Gasteiger partial charge >= 0.3 is 0 Å². The first-order valence-corrected chi connectivity index (χ1v) is 11.0. The second kappa shape index (κ2) is 9.60. The van der Waals surface area contributed by atoms with Crippen molar-refractivity contribution in [3.63, 3.8) is 0 Å². The number of benzene rings is 1. The molecule has 0 N–H and O–H groups in total. The molecule has 2 aromatic rings. The van der Waals surface area contributed by atoms with Gasteiger partial charge in [-0.3, -0.25) is 4.79 Å². The summed E-state index contributed by atoms with van der Waals surface area (Å²) in [7, 11) is 5.28. The van der Waals surface area contributed by atoms with E-state index in [1.165, 1.54) is 0 Å². The molecule has 3 heterocycles. The molecular formula is C23H32N6O3. The number of ether oxygens (including phenoxy) is 2. The maximum atomic E-state index is 13.2. The number of methoxy groups -OCH3 is 2. The van der Waals surface area contributed by atoms with Crippen LogP contribution >= 0.6 is 0 Å². The third-order valence-electron chi connectivity index (χ3n) is 6.14. The second-order valence-corrected chi connectivity index (χ2v) is 8.28. The van der Waals surface area contributed by atoms with E-state index < -0.39 is 0 Å². The summed E-state index contributed by atoms with van der Waals surface area (Å²) in [4.78, 5) is 31.4. The van der Waals surface area contributed by atoms with Gasteiger partial charge in [0.2, 0.25) is 5.95 Å². The van der Waals surface area contributed by atoms with Gasteiger partial charge in [-0.1, -0.05) is 6.07 Å². The molecule has 0 unspecified atom stereocenters. The Balaban J connectivity index is 1.45. The Kier molecular flexibility index (Phi) is 6.64. The average Bonchev–Trinajstić information content (AvgIpc) is 2.83. The Labute approximate surface area is 189 Å². The van der Waals surface area contributed by atoms with Crippen LogP contribution in [0.15, 0.2) is 24.3 Å². The van der Waals surface area contributed by atoms with E-state index in [4.69, 9.17) is 14.5 Å². The standard InChI is InChI=1S/C23H32N6O3/c1-17-16-20(27-10-8-26(2)9-11-27)25-23(24-17)29-14-12-28(13-15-29)22(30)18-6-5-7-19(31-3)21(18)32-4/h5-7,16H,8-15H2,1-4H3. The van der Waals surface area contributed by atoms with Crippen LogP contribution in [0.5, 0.6) is 11.5 Å². The zero-order valence-electron chi connectivity index (χ0n) is 19.4. The molecule has 0 spiro atoms. The molecule has 32 heavy (non-hydrogen) atoms. The minimum atomic E-state index is -0.0521. The fraction of sp³-hybridized carbons (Fsp3) is 0.522. The number of amides is 1. The van der Waals surface area contributed by atoms with Gasteiger partial charge in [-0.25, -0.2) is 4.98 Å². The summed E-state index contributed by atoms with van der Waals surface area (Å²) < 4.78 is 10.8. The summed E-state index contributed by atoms with van der Waals surface area (Å²) in [6.45, 7) is 8.58. The zero-order valence-corrected chi connectivity index (χ0v) is 19.4. The number of anilines is 2. The molecule has 0 bridgehead atoms. The molecule has 0 atom stereocenters. The van der Waals surface area contributed by atoms with E-state index in [9.17, 15) is 4.79 Å². The summed E-state index contributed by atoms with van der Waals surface area (Å²) >= 11 is 0. The van der Waals surface area contributed by atoms with Crippen molar-refractivity contribution in [3.8, 4) is 11.5 Å². The molecule has 2 saturated heterocycles. The minimum Gasteiger partial charge on any atom is -0.493 e. The van der Waals surface area contributed by atoms with Gasteiger partial charge in [-0.05, 0) is 26.1 Å². The summed E-state index contributed by atoms with van der Waals surface area (Å²) in [6, 6.07) is 7.44. The highest BCUT2D eigenvalue weighted by atomic mass is 16.5. The lowest BCUT2D eigenvalue weighted by Crippen LogP contribution is -2.49. The topological polar surface area (TPSA) is 74.3 Å². The number of rotatable bonds is 5. The third kappa shape index (κ3) is 4.57. The van der Waals surface area contributed by atoms with Gasteiger partial charge in [0.05, 0.1) is 19.8 Å². The molecule has 9 nitrogen and oxygen atoms in total. The highest BCUT2D eigenvalue weighted by molar-refractivity contribution is 5.98. The maximum absolute atomic E-state index is 13.2. The fourth-order valence-electron chi connectivity index (χ4n) is 4.21. The summed E-state index contributed by atoms with van der Waals surface area (Å²) in [6.07, 6.45) is 0. The molecule has 1 amide bonds. The van der Waals surface area contributed by atoms with Gasteiger partial charge < -0.3 is 29.1 Å². The molecule has 2 fully saturated rings. The first kappa shape index (κ1) is 22.1. The summed E-state index contributed by atoms with van der Waals surface area (Å²) in [5, 5.41) is 0. The van der Waals surface area contributed by atoms with Gasteiger partial charge in [0.1, 0.15) is 5.82 Å². The Hall–Kier alpha value is -3.07. The molecule has 0 saturated carbocycles. The lowest BCUT2D eigenvalue weighted by Gasteiger charge is -2.36. The highest BCUT2D eigenvalue weighted by Crippen LogP contribution is 2.32. The number of likely N-dealkylation sites (N-methyl/N-ethyl adjacent to an activating group) is 1. The smallest absolute Gasteiger partial charge is 0.257 e. The molecule has 1 aromatic heterocycles. The van der Waals surface area contributed by atoms with Crippen molar-refractivity contribution < 1.29 is 14.3 Å². The van der Waals surface area contributed by atoms with Crippen molar-refractivity contribution in [2.75, 3.05) is 83.4 Å². The zero-order chi connectivity index (χ0) is 22.7. The average molecular weight is 441 g/mol. The number of para-hydroxylation sites is 1. The predicted octanol–water partition coefficient (Wildman–Crippen LogP) is 1.52. The monoisotopic (exact) mass is 440 g/mol. The second-order valence-electron chi connectivity index (χ2n) is 8.28. The number of aromatic nitrogens is 2. The van der Waals surface area contributed by atoms with E-state index in [0.29, 0.717) is 43.2 Å². The number of carbonyl (C=O) groups is 1. The van der Waals surface area contributed by atoms with Gasteiger partial charge in [0, 0.05) is 64.1 Å². The number of aryl methyl sites for hydroxylation is 1. The summed E-state index contributed by atoms with van der Waals surface area (Å²) in [5.74, 6) is 2.71. The van der Waals surface area contributed by atoms with Crippen LogP contribution < -0.4 is 19.3 Å². The van der Waals surface area contributed by atoms with E-state index in [-0.39, 0.29) is 5.91 Å². The van der Waals surface area contributed by atoms with Crippen LogP contribution in [-0.4, -0.2) is 99.3 Å². The van der Waals surface area contributed by atoms with E-state index >= 15 is 0 Å². The highest BCUT2D eigenvalue weighted by Gasteiger charge is 2.27. The Morgan fingerprint density at radius 3 is 2.25 bits per heavy atom. The molecule has 2 aliphatic rings. The van der Waals surface area contributed by atoms with Crippen LogP contribution in [0.4, 0.5) is 11.8 Å². The number of nitrogens with zero attached hydrogens (tertiary/aromatic N) is 6. The van der Waals surface area contributed by atoms with Crippen molar-refractivity contribution in [2.45, 2.75) is 6.92 Å². The first-order valence-electron chi connectivity index (χ1n) is 11.0. The third-order valence-corrected chi connectivity index (χ3v) is 6.14. The van der Waals surface area contributed by atoms with Crippen LogP contribution in [0.25, 0.3) is 0 Å². The first-order chi connectivity index (χ1) is 15.5. The van der Waals surface area contributed by atoms with Gasteiger partial charge in [-0.15, -0.1) is 0 Å². The van der Waals surface area contributed by atoms with Crippen molar-refractivity contribution in [3.05, 3.63) is 35.5 Å². The van der Waals surface area contributed by atoms with Gasteiger partial charge in [0.15, 0.2) is 11.5 Å².